The minimum atomic E-state index is -0.462. The summed E-state index contributed by atoms with van der Waals surface area (Å²) < 4.78 is 0.698. The normalized spacial score (nSPS) is 16.9. The van der Waals surface area contributed by atoms with Crippen molar-refractivity contribution in [2.45, 2.75) is 6.42 Å². The number of hydrogen-bond acceptors (Lipinski definition) is 4. The first-order chi connectivity index (χ1) is 12.4. The molecule has 2 aliphatic rings. The molecule has 0 aliphatic carbocycles. The van der Waals surface area contributed by atoms with Crippen LogP contribution in [-0.4, -0.2) is 76.9 Å². The summed E-state index contributed by atoms with van der Waals surface area (Å²) in [5.41, 5.74) is 0.608. The van der Waals surface area contributed by atoms with Crippen LogP contribution in [0.4, 0.5) is 0 Å². The predicted molar refractivity (Wildman–Crippen MR) is 98.0 cm³/mol. The average Bonchev–Trinajstić information content (AvgIpc) is 2.86. The van der Waals surface area contributed by atoms with Crippen LogP contribution in [0.3, 0.4) is 0 Å². The number of nitrogens with zero attached hydrogens (tertiary/aromatic N) is 3. The highest BCUT2D eigenvalue weighted by Crippen LogP contribution is 2.26. The number of piperazine rings is 1. The summed E-state index contributed by atoms with van der Waals surface area (Å²) in [5.74, 6) is -0.980. The Morgan fingerprint density at radius 1 is 0.962 bits per heavy atom. The van der Waals surface area contributed by atoms with E-state index in [4.69, 9.17) is 11.6 Å². The standard InChI is InChI=1S/C17H17BrClN3O4/c18-11-1-2-12-13(9-11)17(26)22(16(12)25)10-15(24)21-7-5-20(6-8-21)14(23)3-4-19/h1-2,9H,3-8,10H2. The van der Waals surface area contributed by atoms with Crippen LogP contribution in [-0.2, 0) is 9.59 Å². The van der Waals surface area contributed by atoms with Gasteiger partial charge in [0, 0.05) is 43.0 Å². The van der Waals surface area contributed by atoms with Gasteiger partial charge in [0.1, 0.15) is 6.54 Å². The van der Waals surface area contributed by atoms with Crippen LogP contribution < -0.4 is 0 Å². The quantitative estimate of drug-likeness (QED) is 0.521. The fraction of sp³-hybridized carbons (Fsp3) is 0.412. The van der Waals surface area contributed by atoms with E-state index in [-0.39, 0.29) is 30.7 Å². The first kappa shape index (κ1) is 18.8. The van der Waals surface area contributed by atoms with Crippen LogP contribution in [0.15, 0.2) is 22.7 Å². The Morgan fingerprint density at radius 2 is 1.54 bits per heavy atom. The number of carbonyl (C=O) groups excluding carboxylic acids is 4. The number of benzene rings is 1. The Hall–Kier alpha value is -1.93. The number of imide groups is 1. The number of halogens is 2. The van der Waals surface area contributed by atoms with Crippen molar-refractivity contribution in [2.24, 2.45) is 0 Å². The molecule has 7 nitrogen and oxygen atoms in total. The smallest absolute Gasteiger partial charge is 0.262 e. The first-order valence-electron chi connectivity index (χ1n) is 8.19. The minimum absolute atomic E-state index is 0.0296. The maximum Gasteiger partial charge on any atom is 0.262 e. The highest BCUT2D eigenvalue weighted by Gasteiger charge is 2.37. The largest absolute Gasteiger partial charge is 0.339 e. The van der Waals surface area contributed by atoms with Gasteiger partial charge in [-0.15, -0.1) is 11.6 Å². The maximum absolute atomic E-state index is 12.5. The second kappa shape index (κ2) is 7.75. The third-order valence-corrected chi connectivity index (χ3v) is 5.20. The monoisotopic (exact) mass is 441 g/mol. The number of rotatable bonds is 4. The molecule has 1 aromatic carbocycles. The SMILES string of the molecule is O=C(CCCl)N1CCN(C(=O)CN2C(=O)c3ccc(Br)cc3C2=O)CC1. The van der Waals surface area contributed by atoms with Crippen LogP contribution in [0, 0.1) is 0 Å². The number of amides is 4. The highest BCUT2D eigenvalue weighted by atomic mass is 79.9. The van der Waals surface area contributed by atoms with Crippen molar-refractivity contribution in [1.82, 2.24) is 14.7 Å². The summed E-state index contributed by atoms with van der Waals surface area (Å²) in [5, 5.41) is 0. The molecule has 0 bridgehead atoms. The lowest BCUT2D eigenvalue weighted by molar-refractivity contribution is -0.139. The van der Waals surface area contributed by atoms with E-state index < -0.39 is 11.8 Å². The van der Waals surface area contributed by atoms with Gasteiger partial charge < -0.3 is 9.80 Å². The molecule has 0 N–H and O–H groups in total. The molecule has 0 atom stereocenters. The molecule has 0 unspecified atom stereocenters. The Morgan fingerprint density at radius 3 is 2.15 bits per heavy atom. The molecule has 2 aliphatic heterocycles. The lowest BCUT2D eigenvalue weighted by atomic mass is 10.1. The summed E-state index contributed by atoms with van der Waals surface area (Å²) in [7, 11) is 0. The molecule has 0 saturated carbocycles. The van der Waals surface area contributed by atoms with Gasteiger partial charge in [0.25, 0.3) is 11.8 Å². The number of alkyl halides is 1. The van der Waals surface area contributed by atoms with Crippen molar-refractivity contribution >= 4 is 51.2 Å². The van der Waals surface area contributed by atoms with Gasteiger partial charge in [0.2, 0.25) is 11.8 Å². The van der Waals surface area contributed by atoms with E-state index in [1.165, 1.54) is 0 Å². The molecule has 4 amide bonds. The summed E-state index contributed by atoms with van der Waals surface area (Å²) in [6.45, 7) is 1.32. The molecular weight excluding hydrogens is 426 g/mol. The zero-order chi connectivity index (χ0) is 18.8. The van der Waals surface area contributed by atoms with Crippen LogP contribution in [0.1, 0.15) is 27.1 Å². The molecule has 0 aromatic heterocycles. The minimum Gasteiger partial charge on any atom is -0.339 e. The van der Waals surface area contributed by atoms with Gasteiger partial charge in [-0.25, -0.2) is 0 Å². The zero-order valence-corrected chi connectivity index (χ0v) is 16.3. The number of carbonyl (C=O) groups is 4. The molecule has 1 fully saturated rings. The molecule has 1 aromatic rings. The second-order valence-corrected chi connectivity index (χ2v) is 7.38. The van der Waals surface area contributed by atoms with Crippen molar-refractivity contribution in [3.63, 3.8) is 0 Å². The summed E-state index contributed by atoms with van der Waals surface area (Å²) in [4.78, 5) is 53.4. The van der Waals surface area contributed by atoms with Gasteiger partial charge in [0.15, 0.2) is 0 Å². The maximum atomic E-state index is 12.5. The van der Waals surface area contributed by atoms with E-state index in [2.05, 4.69) is 15.9 Å². The second-order valence-electron chi connectivity index (χ2n) is 6.09. The van der Waals surface area contributed by atoms with Crippen LogP contribution >= 0.6 is 27.5 Å². The van der Waals surface area contributed by atoms with E-state index >= 15 is 0 Å². The molecule has 3 rings (SSSR count). The van der Waals surface area contributed by atoms with E-state index in [1.54, 1.807) is 28.0 Å². The topological polar surface area (TPSA) is 78.0 Å². The molecule has 2 heterocycles. The summed E-state index contributed by atoms with van der Waals surface area (Å²) >= 11 is 8.86. The average molecular weight is 443 g/mol. The van der Waals surface area contributed by atoms with E-state index in [0.717, 1.165) is 4.90 Å². The van der Waals surface area contributed by atoms with Gasteiger partial charge in [-0.05, 0) is 18.2 Å². The van der Waals surface area contributed by atoms with Gasteiger partial charge in [-0.3, -0.25) is 24.1 Å². The van der Waals surface area contributed by atoms with Gasteiger partial charge in [-0.1, -0.05) is 15.9 Å². The van der Waals surface area contributed by atoms with Crippen molar-refractivity contribution in [1.29, 1.82) is 0 Å². The number of fused-ring (bicyclic) bond motifs is 1. The molecule has 138 valence electrons. The van der Waals surface area contributed by atoms with Crippen LogP contribution in [0.5, 0.6) is 0 Å². The van der Waals surface area contributed by atoms with Crippen molar-refractivity contribution in [3.05, 3.63) is 33.8 Å². The Kier molecular flexibility index (Phi) is 5.62. The fourth-order valence-corrected chi connectivity index (χ4v) is 3.61. The zero-order valence-electron chi connectivity index (χ0n) is 13.9. The third-order valence-electron chi connectivity index (χ3n) is 4.52. The van der Waals surface area contributed by atoms with Crippen LogP contribution in [0.25, 0.3) is 0 Å². The van der Waals surface area contributed by atoms with Gasteiger partial charge in [-0.2, -0.15) is 0 Å². The Bertz CT molecular complexity index is 777. The first-order valence-corrected chi connectivity index (χ1v) is 9.52. The molecule has 9 heteroatoms. The number of hydrogen-bond donors (Lipinski definition) is 0. The van der Waals surface area contributed by atoms with E-state index in [9.17, 15) is 19.2 Å². The van der Waals surface area contributed by atoms with E-state index in [0.29, 0.717) is 41.8 Å². The molecule has 0 spiro atoms. The van der Waals surface area contributed by atoms with Crippen LogP contribution in [0.2, 0.25) is 0 Å². The summed E-state index contributed by atoms with van der Waals surface area (Å²) in [6, 6.07) is 4.85. The molecule has 26 heavy (non-hydrogen) atoms. The predicted octanol–water partition coefficient (Wildman–Crippen LogP) is 1.34. The Balaban J connectivity index is 1.60. The van der Waals surface area contributed by atoms with Gasteiger partial charge >= 0.3 is 0 Å². The molecular formula is C17H17BrClN3O4. The fourth-order valence-electron chi connectivity index (χ4n) is 3.09. The third kappa shape index (κ3) is 3.61. The van der Waals surface area contributed by atoms with Gasteiger partial charge in [0.05, 0.1) is 11.1 Å². The van der Waals surface area contributed by atoms with Crippen molar-refractivity contribution in [3.8, 4) is 0 Å². The highest BCUT2D eigenvalue weighted by molar-refractivity contribution is 9.10. The van der Waals surface area contributed by atoms with Crippen molar-refractivity contribution < 1.29 is 19.2 Å². The molecule has 1 saturated heterocycles. The Labute approximate surface area is 164 Å². The summed E-state index contributed by atoms with van der Waals surface area (Å²) in [6.07, 6.45) is 0.278. The lowest BCUT2D eigenvalue weighted by Crippen LogP contribution is -2.53. The lowest BCUT2D eigenvalue weighted by Gasteiger charge is -2.35. The van der Waals surface area contributed by atoms with Crippen molar-refractivity contribution in [2.75, 3.05) is 38.6 Å². The molecule has 0 radical (unpaired) electrons. The van der Waals surface area contributed by atoms with E-state index in [1.807, 2.05) is 0 Å².